The van der Waals surface area contributed by atoms with E-state index in [0.29, 0.717) is 22.3 Å². The van der Waals surface area contributed by atoms with Crippen LogP contribution in [0.1, 0.15) is 78.6 Å². The van der Waals surface area contributed by atoms with Gasteiger partial charge in [-0.15, -0.1) is 0 Å². The number of amides is 2. The van der Waals surface area contributed by atoms with Crippen LogP contribution in [-0.2, 0) is 20.8 Å². The highest BCUT2D eigenvalue weighted by Crippen LogP contribution is 2.38. The fourth-order valence-electron chi connectivity index (χ4n) is 6.38. The van der Waals surface area contributed by atoms with Crippen LogP contribution >= 0.6 is 0 Å². The predicted molar refractivity (Wildman–Crippen MR) is 189 cm³/mol. The zero-order valence-electron chi connectivity index (χ0n) is 29.0. The summed E-state index contributed by atoms with van der Waals surface area (Å²) in [5.74, 6) is -1.41. The molecule has 4 aromatic carbocycles. The van der Waals surface area contributed by atoms with E-state index in [9.17, 15) is 19.8 Å². The van der Waals surface area contributed by atoms with Crippen molar-refractivity contribution in [1.29, 1.82) is 0 Å². The van der Waals surface area contributed by atoms with Crippen molar-refractivity contribution in [1.82, 2.24) is 10.6 Å². The molecule has 4 rings (SSSR count). The molecule has 4 aromatic rings. The van der Waals surface area contributed by atoms with Gasteiger partial charge in [-0.05, 0) is 61.8 Å². The highest BCUT2D eigenvalue weighted by Gasteiger charge is 2.45. The second kappa shape index (κ2) is 14.7. The van der Waals surface area contributed by atoms with Crippen molar-refractivity contribution in [2.75, 3.05) is 0 Å². The van der Waals surface area contributed by atoms with E-state index in [2.05, 4.69) is 10.6 Å². The van der Waals surface area contributed by atoms with E-state index in [4.69, 9.17) is 0 Å². The maximum Gasteiger partial charge on any atom is 0.229 e. The standard InChI is InChI=1S/C41H50N2O4/c1-26(2)38(40(46,32-17-9-28(5)10-18-32)33-19-11-29(6)12-20-33)42-36(44)25-37(45)43-39(27(3)4)41(47,34-21-13-30(7)14-22-34)35-23-15-31(8)16-24-35/h9-24,26-27,38-39,46-47H,25H2,1-8H3,(H,42,44)(H,43,45). The van der Waals surface area contributed by atoms with Gasteiger partial charge < -0.3 is 20.8 Å². The Balaban J connectivity index is 1.64. The van der Waals surface area contributed by atoms with Crippen LogP contribution in [0.5, 0.6) is 0 Å². The molecule has 47 heavy (non-hydrogen) atoms. The summed E-state index contributed by atoms with van der Waals surface area (Å²) in [7, 11) is 0. The van der Waals surface area contributed by atoms with Crippen molar-refractivity contribution >= 4 is 11.8 Å². The SMILES string of the molecule is Cc1ccc(C(O)(c2ccc(C)cc2)C(NC(=O)CC(=O)NC(C(C)C)C(O)(c2ccc(C)cc2)c2ccc(C)cc2)C(C)C)cc1. The lowest BCUT2D eigenvalue weighted by atomic mass is 9.75. The Morgan fingerprint density at radius 2 is 0.702 bits per heavy atom. The van der Waals surface area contributed by atoms with E-state index in [0.717, 1.165) is 22.3 Å². The minimum absolute atomic E-state index is 0.189. The maximum atomic E-state index is 13.7. The summed E-state index contributed by atoms with van der Waals surface area (Å²) >= 11 is 0. The first kappa shape index (κ1) is 35.6. The smallest absolute Gasteiger partial charge is 0.229 e. The van der Waals surface area contributed by atoms with Crippen LogP contribution in [-0.4, -0.2) is 34.1 Å². The Labute approximate surface area is 280 Å². The summed E-state index contributed by atoms with van der Waals surface area (Å²) < 4.78 is 0. The quantitative estimate of drug-likeness (QED) is 0.129. The molecule has 6 nitrogen and oxygen atoms in total. The molecule has 0 bridgehead atoms. The van der Waals surface area contributed by atoms with Crippen LogP contribution in [0.3, 0.4) is 0 Å². The third-order valence-electron chi connectivity index (χ3n) is 9.15. The van der Waals surface area contributed by atoms with E-state index in [1.807, 2.05) is 152 Å². The second-order valence-electron chi connectivity index (χ2n) is 13.8. The van der Waals surface area contributed by atoms with E-state index in [1.54, 1.807) is 0 Å². The van der Waals surface area contributed by atoms with Crippen molar-refractivity contribution in [3.05, 3.63) is 142 Å². The minimum atomic E-state index is -1.56. The van der Waals surface area contributed by atoms with Crippen molar-refractivity contribution in [3.63, 3.8) is 0 Å². The molecule has 2 unspecified atom stereocenters. The van der Waals surface area contributed by atoms with Crippen LogP contribution < -0.4 is 10.6 Å². The normalized spacial score (nSPS) is 13.4. The van der Waals surface area contributed by atoms with E-state index < -0.39 is 41.5 Å². The molecule has 0 saturated heterocycles. The minimum Gasteiger partial charge on any atom is -0.378 e. The summed E-state index contributed by atoms with van der Waals surface area (Å²) in [6.07, 6.45) is -0.470. The van der Waals surface area contributed by atoms with Gasteiger partial charge in [0.1, 0.15) is 17.6 Å². The Kier molecular flexibility index (Phi) is 11.1. The third-order valence-corrected chi connectivity index (χ3v) is 9.15. The van der Waals surface area contributed by atoms with Crippen molar-refractivity contribution < 1.29 is 19.8 Å². The van der Waals surface area contributed by atoms with Gasteiger partial charge in [-0.1, -0.05) is 147 Å². The van der Waals surface area contributed by atoms with E-state index >= 15 is 0 Å². The van der Waals surface area contributed by atoms with Gasteiger partial charge in [0, 0.05) is 0 Å². The monoisotopic (exact) mass is 634 g/mol. The van der Waals surface area contributed by atoms with Crippen LogP contribution in [0, 0.1) is 39.5 Å². The van der Waals surface area contributed by atoms with Crippen LogP contribution in [0.15, 0.2) is 97.1 Å². The van der Waals surface area contributed by atoms with Crippen molar-refractivity contribution in [3.8, 4) is 0 Å². The zero-order chi connectivity index (χ0) is 34.5. The number of nitrogens with one attached hydrogen (secondary N) is 2. The first-order valence-corrected chi connectivity index (χ1v) is 16.5. The van der Waals surface area contributed by atoms with Gasteiger partial charge >= 0.3 is 0 Å². The molecular formula is C41H50N2O4. The summed E-state index contributed by atoms with van der Waals surface area (Å²) in [5.41, 5.74) is 3.70. The highest BCUT2D eigenvalue weighted by atomic mass is 16.3. The molecule has 0 aliphatic rings. The highest BCUT2D eigenvalue weighted by molar-refractivity contribution is 5.97. The summed E-state index contributed by atoms with van der Waals surface area (Å²) in [4.78, 5) is 27.3. The van der Waals surface area contributed by atoms with E-state index in [-0.39, 0.29) is 11.8 Å². The molecule has 4 N–H and O–H groups in total. The second-order valence-corrected chi connectivity index (χ2v) is 13.8. The fourth-order valence-corrected chi connectivity index (χ4v) is 6.38. The molecule has 248 valence electrons. The largest absolute Gasteiger partial charge is 0.378 e. The fraction of sp³-hybridized carbons (Fsp3) is 0.366. The molecule has 0 aliphatic carbocycles. The molecule has 0 radical (unpaired) electrons. The van der Waals surface area contributed by atoms with Gasteiger partial charge in [-0.3, -0.25) is 9.59 Å². The maximum absolute atomic E-state index is 13.7. The number of carbonyl (C=O) groups excluding carboxylic acids is 2. The number of hydrogen-bond acceptors (Lipinski definition) is 4. The number of hydrogen-bond donors (Lipinski definition) is 4. The molecule has 0 heterocycles. The average molecular weight is 635 g/mol. The van der Waals surface area contributed by atoms with Crippen molar-refractivity contribution in [2.45, 2.75) is 85.1 Å². The lowest BCUT2D eigenvalue weighted by Crippen LogP contribution is -2.56. The van der Waals surface area contributed by atoms with E-state index in [1.165, 1.54) is 0 Å². The number of aryl methyl sites for hydroxylation is 4. The van der Waals surface area contributed by atoms with Gasteiger partial charge in [0.2, 0.25) is 11.8 Å². The molecule has 6 heteroatoms. The topological polar surface area (TPSA) is 98.7 Å². The zero-order valence-corrected chi connectivity index (χ0v) is 29.0. The summed E-state index contributed by atoms with van der Waals surface area (Å²) in [5, 5.41) is 31.1. The molecule has 2 atom stereocenters. The van der Waals surface area contributed by atoms with Crippen LogP contribution in [0.2, 0.25) is 0 Å². The number of aliphatic hydroxyl groups is 2. The average Bonchev–Trinajstić information content (AvgIpc) is 3.03. The number of rotatable bonds is 12. The molecule has 0 aromatic heterocycles. The van der Waals surface area contributed by atoms with Gasteiger partial charge in [0.05, 0.1) is 12.1 Å². The van der Waals surface area contributed by atoms with Crippen LogP contribution in [0.25, 0.3) is 0 Å². The Hall–Kier alpha value is -4.26. The molecule has 0 fully saturated rings. The lowest BCUT2D eigenvalue weighted by Gasteiger charge is -2.41. The lowest BCUT2D eigenvalue weighted by molar-refractivity contribution is -0.133. The molecule has 2 amide bonds. The summed E-state index contributed by atoms with van der Waals surface area (Å²) in [6.45, 7) is 15.7. The Morgan fingerprint density at radius 3 is 0.894 bits per heavy atom. The molecular weight excluding hydrogens is 584 g/mol. The first-order chi connectivity index (χ1) is 22.2. The summed E-state index contributed by atoms with van der Waals surface area (Å²) in [6, 6.07) is 29.1. The molecule has 0 spiro atoms. The van der Waals surface area contributed by atoms with Gasteiger partial charge in [0.15, 0.2) is 0 Å². The molecule has 0 saturated carbocycles. The Bertz CT molecular complexity index is 1420. The first-order valence-electron chi connectivity index (χ1n) is 16.5. The Morgan fingerprint density at radius 1 is 0.489 bits per heavy atom. The van der Waals surface area contributed by atoms with Gasteiger partial charge in [-0.25, -0.2) is 0 Å². The van der Waals surface area contributed by atoms with Crippen molar-refractivity contribution in [2.24, 2.45) is 11.8 Å². The third kappa shape index (κ3) is 7.83. The predicted octanol–water partition coefficient (Wildman–Crippen LogP) is 6.76. The van der Waals surface area contributed by atoms with Gasteiger partial charge in [-0.2, -0.15) is 0 Å². The number of carbonyl (C=O) groups is 2. The molecule has 0 aliphatic heterocycles. The van der Waals surface area contributed by atoms with Gasteiger partial charge in [0.25, 0.3) is 0 Å². The number of benzene rings is 4. The van der Waals surface area contributed by atoms with Crippen LogP contribution in [0.4, 0.5) is 0 Å².